The molecule has 1 saturated heterocycles. The maximum atomic E-state index is 13.1. The Morgan fingerprint density at radius 2 is 1.97 bits per heavy atom. The molecule has 34 heavy (non-hydrogen) atoms. The number of rotatable bonds is 8. The molecule has 1 aliphatic rings. The van der Waals surface area contributed by atoms with Crippen LogP contribution in [0.1, 0.15) is 23.6 Å². The van der Waals surface area contributed by atoms with Crippen molar-refractivity contribution in [3.63, 3.8) is 0 Å². The lowest BCUT2D eigenvalue weighted by molar-refractivity contribution is -0.384. The molecule has 3 aromatic rings. The van der Waals surface area contributed by atoms with Crippen LogP contribution in [0.4, 0.5) is 5.69 Å². The van der Waals surface area contributed by atoms with E-state index in [4.69, 9.17) is 4.74 Å². The number of aliphatic hydroxyl groups excluding tert-OH is 1. The Morgan fingerprint density at radius 3 is 2.68 bits per heavy atom. The molecule has 2 heterocycles. The number of ketones is 1. The average Bonchev–Trinajstić information content (AvgIpc) is 3.46. The van der Waals surface area contributed by atoms with Crippen molar-refractivity contribution in [1.82, 2.24) is 14.5 Å². The molecule has 10 heteroatoms. The molecule has 4 rings (SSSR count). The Kier molecular flexibility index (Phi) is 6.39. The van der Waals surface area contributed by atoms with E-state index < -0.39 is 28.4 Å². The highest BCUT2D eigenvalue weighted by atomic mass is 16.6. The number of nitro benzene ring substituents is 1. The van der Waals surface area contributed by atoms with Crippen LogP contribution in [0, 0.1) is 10.1 Å². The highest BCUT2D eigenvalue weighted by Crippen LogP contribution is 2.41. The number of aromatic nitrogens is 2. The number of nitro groups is 1. The van der Waals surface area contributed by atoms with Gasteiger partial charge in [0.15, 0.2) is 0 Å². The zero-order chi connectivity index (χ0) is 24.2. The molecule has 1 aliphatic heterocycles. The summed E-state index contributed by atoms with van der Waals surface area (Å²) < 4.78 is 7.15. The highest BCUT2D eigenvalue weighted by Gasteiger charge is 2.46. The number of non-ortho nitro benzene ring substituents is 1. The minimum atomic E-state index is -0.993. The SMILES string of the molecule is COc1ccccc1/C(O)=C1\C(=O)C(=O)N(CCCn2ccnc2)C1c1cccc([N+](=O)[O-])c1. The molecule has 0 spiro atoms. The van der Waals surface area contributed by atoms with Crippen LogP contribution in [-0.2, 0) is 16.1 Å². The van der Waals surface area contributed by atoms with Gasteiger partial charge in [-0.05, 0) is 24.1 Å². The van der Waals surface area contributed by atoms with Crippen molar-refractivity contribution < 1.29 is 24.4 Å². The number of ether oxygens (including phenoxy) is 1. The Hall–Kier alpha value is -4.47. The lowest BCUT2D eigenvalue weighted by Crippen LogP contribution is -2.31. The number of Topliss-reactive ketones (excluding diaryl/α,β-unsaturated/α-hetero) is 1. The van der Waals surface area contributed by atoms with Crippen LogP contribution in [0.2, 0.25) is 0 Å². The summed E-state index contributed by atoms with van der Waals surface area (Å²) >= 11 is 0. The Morgan fingerprint density at radius 1 is 1.18 bits per heavy atom. The second-order valence-corrected chi connectivity index (χ2v) is 7.70. The van der Waals surface area contributed by atoms with Gasteiger partial charge in [-0.25, -0.2) is 4.98 Å². The number of aryl methyl sites for hydroxylation is 1. The topological polar surface area (TPSA) is 128 Å². The Labute approximate surface area is 194 Å². The third-order valence-electron chi connectivity index (χ3n) is 5.67. The molecule has 0 aliphatic carbocycles. The van der Waals surface area contributed by atoms with E-state index in [0.29, 0.717) is 24.3 Å². The fourth-order valence-corrected chi connectivity index (χ4v) is 4.09. The summed E-state index contributed by atoms with van der Waals surface area (Å²) in [6.45, 7) is 0.746. The minimum Gasteiger partial charge on any atom is -0.507 e. The predicted octanol–water partition coefficient (Wildman–Crippen LogP) is 3.31. The normalized spacial score (nSPS) is 17.2. The zero-order valence-corrected chi connectivity index (χ0v) is 18.3. The standard InChI is InChI=1S/C24H22N4O6/c1-34-19-9-3-2-8-18(19)22(29)20-21(16-6-4-7-17(14-16)28(32)33)27(24(31)23(20)30)12-5-11-26-13-10-25-15-26/h2-4,6-10,13-15,21,29H,5,11-12H2,1H3/b22-20+. The van der Waals surface area contributed by atoms with Crippen LogP contribution in [0.3, 0.4) is 0 Å². The van der Waals surface area contributed by atoms with E-state index in [0.717, 1.165) is 0 Å². The monoisotopic (exact) mass is 462 g/mol. The van der Waals surface area contributed by atoms with Gasteiger partial charge in [0.1, 0.15) is 11.5 Å². The molecule has 1 fully saturated rings. The number of likely N-dealkylation sites (tertiary alicyclic amines) is 1. The van der Waals surface area contributed by atoms with Crippen LogP contribution in [0.15, 0.2) is 72.8 Å². The van der Waals surface area contributed by atoms with Gasteiger partial charge in [-0.3, -0.25) is 19.7 Å². The van der Waals surface area contributed by atoms with Crippen LogP contribution < -0.4 is 4.74 Å². The summed E-state index contributed by atoms with van der Waals surface area (Å²) in [5, 5.41) is 22.6. The molecule has 1 amide bonds. The Bertz CT molecular complexity index is 1270. The summed E-state index contributed by atoms with van der Waals surface area (Å²) in [6.07, 6.45) is 5.58. The van der Waals surface area contributed by atoms with E-state index in [2.05, 4.69) is 4.98 Å². The predicted molar refractivity (Wildman–Crippen MR) is 122 cm³/mol. The number of benzene rings is 2. The summed E-state index contributed by atoms with van der Waals surface area (Å²) in [7, 11) is 1.43. The van der Waals surface area contributed by atoms with Gasteiger partial charge < -0.3 is 19.3 Å². The number of carbonyl (C=O) groups excluding carboxylic acids is 2. The molecule has 1 N–H and O–H groups in total. The third-order valence-corrected chi connectivity index (χ3v) is 5.67. The van der Waals surface area contributed by atoms with Crippen LogP contribution >= 0.6 is 0 Å². The first-order valence-corrected chi connectivity index (χ1v) is 10.5. The van der Waals surface area contributed by atoms with Crippen LogP contribution in [0.25, 0.3) is 5.76 Å². The number of imidazole rings is 1. The fraction of sp³-hybridized carbons (Fsp3) is 0.208. The number of carbonyl (C=O) groups is 2. The summed E-state index contributed by atoms with van der Waals surface area (Å²) in [4.78, 5) is 42.3. The third kappa shape index (κ3) is 4.25. The molecule has 0 radical (unpaired) electrons. The van der Waals surface area contributed by atoms with Gasteiger partial charge in [0.05, 0.1) is 35.5 Å². The van der Waals surface area contributed by atoms with Gasteiger partial charge in [-0.1, -0.05) is 24.3 Å². The first kappa shape index (κ1) is 22.7. The average molecular weight is 462 g/mol. The van der Waals surface area contributed by atoms with Gasteiger partial charge in [0.2, 0.25) is 0 Å². The summed E-state index contributed by atoms with van der Waals surface area (Å²) in [6, 6.07) is 11.3. The first-order chi connectivity index (χ1) is 16.4. The van der Waals surface area contributed by atoms with Crippen LogP contribution in [-0.4, -0.2) is 49.8 Å². The second-order valence-electron chi connectivity index (χ2n) is 7.70. The van der Waals surface area contributed by atoms with Gasteiger partial charge in [0.25, 0.3) is 17.4 Å². The van der Waals surface area contributed by atoms with E-state index in [9.17, 15) is 24.8 Å². The number of hydrogen-bond donors (Lipinski definition) is 1. The van der Waals surface area contributed by atoms with Crippen LogP contribution in [0.5, 0.6) is 5.75 Å². The van der Waals surface area contributed by atoms with E-state index in [1.807, 2.05) is 4.57 Å². The maximum Gasteiger partial charge on any atom is 0.295 e. The number of para-hydroxylation sites is 1. The maximum absolute atomic E-state index is 13.1. The van der Waals surface area contributed by atoms with Gasteiger partial charge in [-0.15, -0.1) is 0 Å². The number of methoxy groups -OCH3 is 1. The summed E-state index contributed by atoms with van der Waals surface area (Å²) in [5.74, 6) is -1.71. The minimum absolute atomic E-state index is 0.141. The molecule has 1 atom stereocenters. The zero-order valence-electron chi connectivity index (χ0n) is 18.3. The van der Waals surface area contributed by atoms with Crippen molar-refractivity contribution in [1.29, 1.82) is 0 Å². The summed E-state index contributed by atoms with van der Waals surface area (Å²) in [5.41, 5.74) is 0.278. The molecule has 174 valence electrons. The number of hydrogen-bond acceptors (Lipinski definition) is 7. The number of amides is 1. The first-order valence-electron chi connectivity index (χ1n) is 10.5. The van der Waals surface area contributed by atoms with Crippen molar-refractivity contribution in [3.05, 3.63) is 94.1 Å². The van der Waals surface area contributed by atoms with Crippen molar-refractivity contribution in [2.45, 2.75) is 19.0 Å². The van der Waals surface area contributed by atoms with Crippen molar-refractivity contribution in [2.24, 2.45) is 0 Å². The van der Waals surface area contributed by atoms with E-state index in [1.165, 1.54) is 30.2 Å². The lowest BCUT2D eigenvalue weighted by Gasteiger charge is -2.25. The van der Waals surface area contributed by atoms with Gasteiger partial charge in [0, 0.05) is 37.6 Å². The number of nitrogens with zero attached hydrogens (tertiary/aromatic N) is 4. The van der Waals surface area contributed by atoms with Gasteiger partial charge in [-0.2, -0.15) is 0 Å². The fourth-order valence-electron chi connectivity index (χ4n) is 4.09. The molecule has 1 unspecified atom stereocenters. The quantitative estimate of drug-likeness (QED) is 0.179. The smallest absolute Gasteiger partial charge is 0.295 e. The second kappa shape index (κ2) is 9.57. The van der Waals surface area contributed by atoms with Crippen molar-refractivity contribution in [3.8, 4) is 5.75 Å². The van der Waals surface area contributed by atoms with Crippen molar-refractivity contribution >= 4 is 23.1 Å². The molecule has 2 aromatic carbocycles. The molecule has 0 saturated carbocycles. The lowest BCUT2D eigenvalue weighted by atomic mass is 9.94. The van der Waals surface area contributed by atoms with E-state index >= 15 is 0 Å². The van der Waals surface area contributed by atoms with E-state index in [1.54, 1.807) is 49.1 Å². The van der Waals surface area contributed by atoms with Crippen molar-refractivity contribution in [2.75, 3.05) is 13.7 Å². The van der Waals surface area contributed by atoms with Gasteiger partial charge >= 0.3 is 0 Å². The molecular weight excluding hydrogens is 440 g/mol. The number of aliphatic hydroxyl groups is 1. The van der Waals surface area contributed by atoms with E-state index in [-0.39, 0.29) is 23.4 Å². The molecule has 1 aromatic heterocycles. The highest BCUT2D eigenvalue weighted by molar-refractivity contribution is 6.46. The molecule has 0 bridgehead atoms. The molecule has 10 nitrogen and oxygen atoms in total. The largest absolute Gasteiger partial charge is 0.507 e. The Balaban J connectivity index is 1.80. The molecular formula is C24H22N4O6.